The molecule has 0 fully saturated rings. The van der Waals surface area contributed by atoms with Gasteiger partial charge < -0.3 is 14.6 Å². The van der Waals surface area contributed by atoms with Crippen LogP contribution in [-0.4, -0.2) is 29.8 Å². The van der Waals surface area contributed by atoms with Crippen molar-refractivity contribution in [2.45, 2.75) is 52.2 Å². The highest BCUT2D eigenvalue weighted by molar-refractivity contribution is 4.93. The first kappa shape index (κ1) is 14.1. The number of nitrogens with zero attached hydrogens (tertiary/aromatic N) is 2. The van der Waals surface area contributed by atoms with E-state index in [1.165, 1.54) is 0 Å². The third-order valence-electron chi connectivity index (χ3n) is 2.83. The minimum Gasteiger partial charge on any atom is -0.370 e. The van der Waals surface area contributed by atoms with Gasteiger partial charge in [-0.15, -0.1) is 0 Å². The van der Waals surface area contributed by atoms with Gasteiger partial charge in [-0.25, -0.2) is 0 Å². The van der Waals surface area contributed by atoms with Crippen molar-refractivity contribution >= 4 is 0 Å². The van der Waals surface area contributed by atoms with Crippen LogP contribution < -0.4 is 5.32 Å². The predicted octanol–water partition coefficient (Wildman–Crippen LogP) is 2.10. The van der Waals surface area contributed by atoms with Crippen molar-refractivity contribution in [3.63, 3.8) is 0 Å². The van der Waals surface area contributed by atoms with E-state index in [-0.39, 0.29) is 6.10 Å². The van der Waals surface area contributed by atoms with E-state index in [4.69, 9.17) is 9.26 Å². The van der Waals surface area contributed by atoms with E-state index in [0.717, 1.165) is 19.3 Å². The SMILES string of the molecule is CCOC(CC)c1noc(CC(CC)NC)n1. The summed E-state index contributed by atoms with van der Waals surface area (Å²) in [6.45, 7) is 6.82. The molecule has 1 aromatic heterocycles. The smallest absolute Gasteiger partial charge is 0.228 e. The molecule has 0 spiro atoms. The van der Waals surface area contributed by atoms with E-state index in [2.05, 4.69) is 29.3 Å². The predicted molar refractivity (Wildman–Crippen MR) is 65.8 cm³/mol. The van der Waals surface area contributed by atoms with Crippen molar-refractivity contribution in [2.24, 2.45) is 0 Å². The van der Waals surface area contributed by atoms with Crippen LogP contribution in [-0.2, 0) is 11.2 Å². The standard InChI is InChI=1S/C12H23N3O2/c1-5-9(13-4)8-11-14-12(15-17-11)10(6-2)16-7-3/h9-10,13H,5-8H2,1-4H3. The molecular formula is C12H23N3O2. The van der Waals surface area contributed by atoms with Crippen molar-refractivity contribution in [3.8, 4) is 0 Å². The number of hydrogen-bond acceptors (Lipinski definition) is 5. The van der Waals surface area contributed by atoms with Crippen LogP contribution in [0, 0.1) is 0 Å². The summed E-state index contributed by atoms with van der Waals surface area (Å²) in [6, 6.07) is 0.385. The number of ether oxygens (including phenoxy) is 1. The zero-order chi connectivity index (χ0) is 12.7. The first-order valence-corrected chi connectivity index (χ1v) is 6.36. The highest BCUT2D eigenvalue weighted by Crippen LogP contribution is 2.18. The van der Waals surface area contributed by atoms with Crippen molar-refractivity contribution in [1.29, 1.82) is 0 Å². The Kier molecular flexibility index (Phi) is 6.15. The lowest BCUT2D eigenvalue weighted by molar-refractivity contribution is 0.0518. The molecule has 5 heteroatoms. The van der Waals surface area contributed by atoms with Crippen LogP contribution in [0.15, 0.2) is 4.52 Å². The molecule has 2 unspecified atom stereocenters. The van der Waals surface area contributed by atoms with Crippen molar-refractivity contribution in [1.82, 2.24) is 15.5 Å². The monoisotopic (exact) mass is 241 g/mol. The number of aromatic nitrogens is 2. The van der Waals surface area contributed by atoms with Crippen LogP contribution in [0.1, 0.15) is 51.4 Å². The van der Waals surface area contributed by atoms with Crippen LogP contribution >= 0.6 is 0 Å². The molecule has 1 heterocycles. The van der Waals surface area contributed by atoms with E-state index in [1.807, 2.05) is 14.0 Å². The molecule has 0 amide bonds. The summed E-state index contributed by atoms with van der Waals surface area (Å²) < 4.78 is 10.8. The number of hydrogen-bond donors (Lipinski definition) is 1. The molecule has 0 saturated heterocycles. The quantitative estimate of drug-likeness (QED) is 0.755. The van der Waals surface area contributed by atoms with Gasteiger partial charge in [-0.3, -0.25) is 0 Å². The first-order valence-electron chi connectivity index (χ1n) is 6.36. The highest BCUT2D eigenvalue weighted by atomic mass is 16.5. The minimum absolute atomic E-state index is 0.0489. The van der Waals surface area contributed by atoms with Crippen LogP contribution in [0.5, 0.6) is 0 Å². The fraction of sp³-hybridized carbons (Fsp3) is 0.833. The zero-order valence-electron chi connectivity index (χ0n) is 11.2. The van der Waals surface area contributed by atoms with Gasteiger partial charge in [-0.05, 0) is 26.8 Å². The molecule has 5 nitrogen and oxygen atoms in total. The highest BCUT2D eigenvalue weighted by Gasteiger charge is 2.18. The lowest BCUT2D eigenvalue weighted by atomic mass is 10.1. The number of likely N-dealkylation sites (N-methyl/N-ethyl adjacent to an activating group) is 1. The maximum atomic E-state index is 5.55. The summed E-state index contributed by atoms with van der Waals surface area (Å²) in [5.41, 5.74) is 0. The fourth-order valence-corrected chi connectivity index (χ4v) is 1.72. The van der Waals surface area contributed by atoms with Crippen molar-refractivity contribution < 1.29 is 9.26 Å². The molecule has 0 aliphatic heterocycles. The van der Waals surface area contributed by atoms with E-state index < -0.39 is 0 Å². The van der Waals surface area contributed by atoms with Crippen LogP contribution in [0.4, 0.5) is 0 Å². The summed E-state index contributed by atoms with van der Waals surface area (Å²) in [5, 5.41) is 7.21. The number of nitrogens with one attached hydrogen (secondary N) is 1. The first-order chi connectivity index (χ1) is 8.24. The van der Waals surface area contributed by atoms with Crippen LogP contribution in [0.3, 0.4) is 0 Å². The molecule has 0 bridgehead atoms. The Morgan fingerprint density at radius 3 is 2.59 bits per heavy atom. The van der Waals surface area contributed by atoms with E-state index >= 15 is 0 Å². The Labute approximate surface area is 103 Å². The summed E-state index contributed by atoms with van der Waals surface area (Å²) in [5.74, 6) is 1.34. The Bertz CT molecular complexity index is 310. The zero-order valence-corrected chi connectivity index (χ0v) is 11.2. The summed E-state index contributed by atoms with van der Waals surface area (Å²) in [4.78, 5) is 4.39. The Morgan fingerprint density at radius 2 is 2.06 bits per heavy atom. The molecule has 1 rings (SSSR count). The summed E-state index contributed by atoms with van der Waals surface area (Å²) in [6.07, 6.45) is 2.61. The lowest BCUT2D eigenvalue weighted by Crippen LogP contribution is -2.26. The second kappa shape index (κ2) is 7.40. The van der Waals surface area contributed by atoms with Crippen molar-refractivity contribution in [3.05, 3.63) is 11.7 Å². The molecule has 0 saturated carbocycles. The Morgan fingerprint density at radius 1 is 1.29 bits per heavy atom. The molecule has 0 radical (unpaired) electrons. The maximum Gasteiger partial charge on any atom is 0.228 e. The topological polar surface area (TPSA) is 60.2 Å². The third-order valence-corrected chi connectivity index (χ3v) is 2.83. The van der Waals surface area contributed by atoms with Gasteiger partial charge in [0.15, 0.2) is 0 Å². The summed E-state index contributed by atoms with van der Waals surface area (Å²) >= 11 is 0. The molecular weight excluding hydrogens is 218 g/mol. The van der Waals surface area contributed by atoms with Gasteiger partial charge in [0.1, 0.15) is 6.10 Å². The largest absolute Gasteiger partial charge is 0.370 e. The minimum atomic E-state index is -0.0489. The molecule has 1 aromatic rings. The second-order valence-corrected chi connectivity index (χ2v) is 4.00. The van der Waals surface area contributed by atoms with E-state index in [1.54, 1.807) is 0 Å². The molecule has 0 aromatic carbocycles. The second-order valence-electron chi connectivity index (χ2n) is 4.00. The van der Waals surface area contributed by atoms with Crippen LogP contribution in [0.2, 0.25) is 0 Å². The normalized spacial score (nSPS) is 14.8. The van der Waals surface area contributed by atoms with Gasteiger partial charge in [0, 0.05) is 19.1 Å². The third kappa shape index (κ3) is 4.09. The van der Waals surface area contributed by atoms with Gasteiger partial charge in [0.25, 0.3) is 0 Å². The van der Waals surface area contributed by atoms with E-state index in [0.29, 0.717) is 24.4 Å². The van der Waals surface area contributed by atoms with Gasteiger partial charge in [0.05, 0.1) is 0 Å². The van der Waals surface area contributed by atoms with Crippen molar-refractivity contribution in [2.75, 3.05) is 13.7 Å². The fourth-order valence-electron chi connectivity index (χ4n) is 1.72. The van der Waals surface area contributed by atoms with Gasteiger partial charge in [0.2, 0.25) is 11.7 Å². The average molecular weight is 241 g/mol. The van der Waals surface area contributed by atoms with Crippen LogP contribution in [0.25, 0.3) is 0 Å². The molecule has 0 aliphatic rings. The van der Waals surface area contributed by atoms with Gasteiger partial charge >= 0.3 is 0 Å². The Balaban J connectivity index is 2.63. The lowest BCUT2D eigenvalue weighted by Gasteiger charge is -2.10. The molecule has 2 atom stereocenters. The molecule has 17 heavy (non-hydrogen) atoms. The molecule has 1 N–H and O–H groups in total. The maximum absolute atomic E-state index is 5.55. The van der Waals surface area contributed by atoms with Gasteiger partial charge in [-0.2, -0.15) is 4.98 Å². The molecule has 0 aliphatic carbocycles. The van der Waals surface area contributed by atoms with E-state index in [9.17, 15) is 0 Å². The average Bonchev–Trinajstić information content (AvgIpc) is 2.81. The summed E-state index contributed by atoms with van der Waals surface area (Å²) in [7, 11) is 1.94. The van der Waals surface area contributed by atoms with Gasteiger partial charge in [-0.1, -0.05) is 19.0 Å². The number of rotatable bonds is 8. The molecule has 98 valence electrons. The Hall–Kier alpha value is -0.940.